The smallest absolute Gasteiger partial charge is 0.265 e. The van der Waals surface area contributed by atoms with Gasteiger partial charge in [0.2, 0.25) is 0 Å². The van der Waals surface area contributed by atoms with Gasteiger partial charge in [-0.1, -0.05) is 88.1 Å². The normalized spacial score (nSPS) is 20.6. The molecule has 0 atom stereocenters. The minimum Gasteiger partial charge on any atom is -0.387 e. The molecule has 1 aromatic rings. The molecule has 174 valence electrons. The number of nitrogens with one attached hydrogen (secondary N) is 1. The molecule has 4 nitrogen and oxygen atoms in total. The van der Waals surface area contributed by atoms with Gasteiger partial charge in [0.05, 0.1) is 0 Å². The first-order valence-electron chi connectivity index (χ1n) is 13.0. The van der Waals surface area contributed by atoms with Crippen LogP contribution in [0.4, 0.5) is 0 Å². The summed E-state index contributed by atoms with van der Waals surface area (Å²) < 4.78 is 0. The number of rotatable bonds is 5. The van der Waals surface area contributed by atoms with E-state index in [9.17, 15) is 10.1 Å². The highest BCUT2D eigenvalue weighted by molar-refractivity contribution is 5.97. The first-order chi connectivity index (χ1) is 15.8. The van der Waals surface area contributed by atoms with Gasteiger partial charge in [-0.25, -0.2) is 0 Å². The van der Waals surface area contributed by atoms with E-state index in [2.05, 4.69) is 41.7 Å². The molecule has 1 saturated heterocycles. The number of piperidine rings is 1. The number of benzene rings is 1. The van der Waals surface area contributed by atoms with Gasteiger partial charge in [0.15, 0.2) is 0 Å². The second-order valence-electron chi connectivity index (χ2n) is 9.72. The highest BCUT2D eigenvalue weighted by Crippen LogP contribution is 2.23. The van der Waals surface area contributed by atoms with Crippen molar-refractivity contribution in [3.63, 3.8) is 0 Å². The fourth-order valence-electron chi connectivity index (χ4n) is 5.13. The van der Waals surface area contributed by atoms with Gasteiger partial charge in [0.25, 0.3) is 5.91 Å². The zero-order valence-electron chi connectivity index (χ0n) is 19.7. The van der Waals surface area contributed by atoms with Gasteiger partial charge in [0.1, 0.15) is 11.6 Å². The molecule has 1 aliphatic carbocycles. The van der Waals surface area contributed by atoms with Crippen LogP contribution in [0.2, 0.25) is 0 Å². The number of nitriles is 1. The lowest BCUT2D eigenvalue weighted by Gasteiger charge is -2.32. The zero-order valence-corrected chi connectivity index (χ0v) is 19.7. The molecule has 1 saturated carbocycles. The van der Waals surface area contributed by atoms with Crippen LogP contribution in [0.5, 0.6) is 0 Å². The summed E-state index contributed by atoms with van der Waals surface area (Å²) in [4.78, 5) is 14.8. The van der Waals surface area contributed by atoms with E-state index < -0.39 is 0 Å². The standard InChI is InChI=1S/C28H41N3O/c29-22-26(23-30-27-15-11-6-4-2-1-3-5-7-12-16-27)28(32)31-19-17-25(18-20-31)21-24-13-9-8-10-14-24/h8-10,13-14,23,25,27,30H,1-7,11-12,15-21H2/b26-23-. The van der Waals surface area contributed by atoms with Crippen LogP contribution in [0.25, 0.3) is 0 Å². The topological polar surface area (TPSA) is 56.1 Å². The quantitative estimate of drug-likeness (QED) is 0.446. The first kappa shape index (κ1) is 24.4. The van der Waals surface area contributed by atoms with Crippen molar-refractivity contribution in [2.45, 2.75) is 95.9 Å². The van der Waals surface area contributed by atoms with Crippen molar-refractivity contribution in [1.82, 2.24) is 10.2 Å². The highest BCUT2D eigenvalue weighted by Gasteiger charge is 2.25. The van der Waals surface area contributed by atoms with Crippen LogP contribution in [0.3, 0.4) is 0 Å². The lowest BCUT2D eigenvalue weighted by Crippen LogP contribution is -2.40. The average molecular weight is 436 g/mol. The first-order valence-corrected chi connectivity index (χ1v) is 13.0. The summed E-state index contributed by atoms with van der Waals surface area (Å²) in [6.07, 6.45) is 18.9. The number of carbonyl (C=O) groups is 1. The van der Waals surface area contributed by atoms with E-state index in [1.165, 1.54) is 63.4 Å². The van der Waals surface area contributed by atoms with Gasteiger partial charge >= 0.3 is 0 Å². The molecule has 4 heteroatoms. The molecule has 0 spiro atoms. The predicted octanol–water partition coefficient (Wildman–Crippen LogP) is 6.14. The van der Waals surface area contributed by atoms with Gasteiger partial charge < -0.3 is 10.2 Å². The van der Waals surface area contributed by atoms with Crippen molar-refractivity contribution in [2.24, 2.45) is 5.92 Å². The minimum absolute atomic E-state index is 0.105. The molecule has 2 fully saturated rings. The summed E-state index contributed by atoms with van der Waals surface area (Å²) in [5, 5.41) is 13.1. The summed E-state index contributed by atoms with van der Waals surface area (Å²) in [5.41, 5.74) is 1.63. The Morgan fingerprint density at radius 1 is 0.906 bits per heavy atom. The van der Waals surface area contributed by atoms with Gasteiger partial charge in [-0.2, -0.15) is 5.26 Å². The van der Waals surface area contributed by atoms with Crippen molar-refractivity contribution in [3.8, 4) is 6.07 Å². The minimum atomic E-state index is -0.105. The molecule has 1 amide bonds. The summed E-state index contributed by atoms with van der Waals surface area (Å²) in [6, 6.07) is 13.1. The maximum atomic E-state index is 13.0. The van der Waals surface area contributed by atoms with E-state index >= 15 is 0 Å². The summed E-state index contributed by atoms with van der Waals surface area (Å²) in [6.45, 7) is 1.50. The lowest BCUT2D eigenvalue weighted by atomic mass is 9.90. The van der Waals surface area contributed by atoms with Crippen LogP contribution in [0.1, 0.15) is 89.0 Å². The molecule has 0 radical (unpaired) electrons. The fourth-order valence-corrected chi connectivity index (χ4v) is 5.13. The molecular formula is C28H41N3O. The second-order valence-corrected chi connectivity index (χ2v) is 9.72. The van der Waals surface area contributed by atoms with Crippen molar-refractivity contribution in [1.29, 1.82) is 5.26 Å². The van der Waals surface area contributed by atoms with Crippen LogP contribution in [-0.4, -0.2) is 29.9 Å². The number of hydrogen-bond donors (Lipinski definition) is 1. The molecule has 3 rings (SSSR count). The molecule has 1 aromatic carbocycles. The number of hydrogen-bond acceptors (Lipinski definition) is 3. The predicted molar refractivity (Wildman–Crippen MR) is 131 cm³/mol. The zero-order chi connectivity index (χ0) is 22.4. The van der Waals surface area contributed by atoms with Gasteiger partial charge in [-0.15, -0.1) is 0 Å². The third-order valence-corrected chi connectivity index (χ3v) is 7.19. The Balaban J connectivity index is 1.48. The van der Waals surface area contributed by atoms with Crippen LogP contribution >= 0.6 is 0 Å². The van der Waals surface area contributed by atoms with Crippen molar-refractivity contribution < 1.29 is 4.79 Å². The van der Waals surface area contributed by atoms with Crippen LogP contribution < -0.4 is 5.32 Å². The monoisotopic (exact) mass is 435 g/mol. The number of nitrogens with zero attached hydrogens (tertiary/aromatic N) is 2. The lowest BCUT2D eigenvalue weighted by molar-refractivity contribution is -0.128. The summed E-state index contributed by atoms with van der Waals surface area (Å²) in [5.74, 6) is 0.511. The number of likely N-dealkylation sites (tertiary alicyclic amines) is 1. The summed E-state index contributed by atoms with van der Waals surface area (Å²) in [7, 11) is 0. The molecule has 0 bridgehead atoms. The number of amides is 1. The third kappa shape index (κ3) is 8.34. The summed E-state index contributed by atoms with van der Waals surface area (Å²) >= 11 is 0. The molecule has 0 aromatic heterocycles. The maximum absolute atomic E-state index is 13.0. The average Bonchev–Trinajstić information content (AvgIpc) is 2.82. The van der Waals surface area contributed by atoms with E-state index in [-0.39, 0.29) is 11.5 Å². The van der Waals surface area contributed by atoms with E-state index in [0.717, 1.165) is 45.2 Å². The molecular weight excluding hydrogens is 394 g/mol. The largest absolute Gasteiger partial charge is 0.387 e. The Morgan fingerprint density at radius 3 is 2.03 bits per heavy atom. The molecule has 1 N–H and O–H groups in total. The van der Waals surface area contributed by atoms with Crippen molar-refractivity contribution in [2.75, 3.05) is 13.1 Å². The van der Waals surface area contributed by atoms with E-state index in [1.54, 1.807) is 6.20 Å². The molecule has 1 aliphatic heterocycles. The van der Waals surface area contributed by atoms with Crippen LogP contribution in [-0.2, 0) is 11.2 Å². The second kappa shape index (κ2) is 14.0. The molecule has 1 heterocycles. The van der Waals surface area contributed by atoms with E-state index in [0.29, 0.717) is 12.0 Å². The van der Waals surface area contributed by atoms with Crippen molar-refractivity contribution >= 4 is 5.91 Å². The Hall–Kier alpha value is -2.28. The van der Waals surface area contributed by atoms with Crippen molar-refractivity contribution in [3.05, 3.63) is 47.7 Å². The van der Waals surface area contributed by atoms with Crippen LogP contribution in [0, 0.1) is 17.2 Å². The molecule has 2 aliphatic rings. The highest BCUT2D eigenvalue weighted by atomic mass is 16.2. The third-order valence-electron chi connectivity index (χ3n) is 7.19. The Morgan fingerprint density at radius 2 is 1.47 bits per heavy atom. The van der Waals surface area contributed by atoms with Gasteiger partial charge in [-0.3, -0.25) is 4.79 Å². The molecule has 0 unspecified atom stereocenters. The van der Waals surface area contributed by atoms with E-state index in [1.807, 2.05) is 4.90 Å². The Kier molecular flexibility index (Phi) is 10.7. The van der Waals surface area contributed by atoms with Gasteiger partial charge in [-0.05, 0) is 43.6 Å². The molecule has 32 heavy (non-hydrogen) atoms. The Bertz CT molecular complexity index is 732. The SMILES string of the molecule is N#C/C(=C/NC1CCCCCCCCCCC1)C(=O)N1CCC(Cc2ccccc2)CC1. The maximum Gasteiger partial charge on any atom is 0.265 e. The fraction of sp³-hybridized carbons (Fsp3) is 0.643. The number of carbonyl (C=O) groups excluding carboxylic acids is 1. The van der Waals surface area contributed by atoms with E-state index in [4.69, 9.17) is 0 Å². The van der Waals surface area contributed by atoms with Crippen LogP contribution in [0.15, 0.2) is 42.1 Å². The van der Waals surface area contributed by atoms with Gasteiger partial charge in [0, 0.05) is 25.3 Å². The Labute approximate surface area is 195 Å².